The molecule has 0 saturated heterocycles. The van der Waals surface area contributed by atoms with Crippen LogP contribution in [-0.2, 0) is 16.3 Å². The van der Waals surface area contributed by atoms with E-state index in [2.05, 4.69) is 9.97 Å². The molecule has 0 aliphatic rings. The van der Waals surface area contributed by atoms with Crippen LogP contribution in [0.5, 0.6) is 5.88 Å². The van der Waals surface area contributed by atoms with Gasteiger partial charge in [-0.15, -0.1) is 0 Å². The molecule has 38 heavy (non-hydrogen) atoms. The standard InChI is InChI=1S/C29H31N3O5S/c1-3-4-6-13-26-31-28(34)27(29(35)32(26)25(19-33)22-10-7-5-8-11-22)38(36,37)23-16-14-21(15-17-23)24-12-9-18-30-20(24)2/h5,7-12,14-18,25,33-34H,3-4,6,13,19H2,1-2H3/t25-/m0/s1. The molecular weight excluding hydrogens is 502 g/mol. The molecule has 0 unspecified atom stereocenters. The summed E-state index contributed by atoms with van der Waals surface area (Å²) in [6.45, 7) is 3.45. The lowest BCUT2D eigenvalue weighted by Gasteiger charge is -2.23. The van der Waals surface area contributed by atoms with E-state index in [4.69, 9.17) is 0 Å². The van der Waals surface area contributed by atoms with Gasteiger partial charge in [-0.3, -0.25) is 14.3 Å². The summed E-state index contributed by atoms with van der Waals surface area (Å²) < 4.78 is 28.6. The number of nitrogens with zero attached hydrogens (tertiary/aromatic N) is 3. The number of aromatic hydroxyl groups is 1. The molecule has 0 aliphatic carbocycles. The van der Waals surface area contributed by atoms with Crippen molar-refractivity contribution < 1.29 is 18.6 Å². The number of pyridine rings is 1. The molecule has 9 heteroatoms. The number of unbranched alkanes of at least 4 members (excludes halogenated alkanes) is 2. The van der Waals surface area contributed by atoms with Crippen molar-refractivity contribution in [3.05, 3.63) is 100 Å². The third-order valence-electron chi connectivity index (χ3n) is 6.55. The molecule has 0 amide bonds. The van der Waals surface area contributed by atoms with Crippen LogP contribution in [0.15, 0.2) is 87.5 Å². The number of sulfone groups is 1. The summed E-state index contributed by atoms with van der Waals surface area (Å²) >= 11 is 0. The first-order valence-electron chi connectivity index (χ1n) is 12.6. The fraction of sp³-hybridized carbons (Fsp3) is 0.276. The summed E-state index contributed by atoms with van der Waals surface area (Å²) in [6, 6.07) is 17.8. The molecule has 2 aromatic carbocycles. The van der Waals surface area contributed by atoms with Gasteiger partial charge >= 0.3 is 0 Å². The van der Waals surface area contributed by atoms with Crippen LogP contribution in [-0.4, -0.2) is 39.8 Å². The van der Waals surface area contributed by atoms with Gasteiger partial charge in [-0.1, -0.05) is 68.3 Å². The van der Waals surface area contributed by atoms with Gasteiger partial charge in [0.2, 0.25) is 15.7 Å². The van der Waals surface area contributed by atoms with Crippen molar-refractivity contribution in [2.75, 3.05) is 6.61 Å². The van der Waals surface area contributed by atoms with Crippen molar-refractivity contribution >= 4 is 9.84 Å². The highest BCUT2D eigenvalue weighted by atomic mass is 32.2. The van der Waals surface area contributed by atoms with Crippen molar-refractivity contribution in [2.24, 2.45) is 0 Å². The van der Waals surface area contributed by atoms with Crippen LogP contribution in [0.25, 0.3) is 11.1 Å². The van der Waals surface area contributed by atoms with Gasteiger partial charge in [-0.05, 0) is 42.7 Å². The molecule has 4 aromatic rings. The van der Waals surface area contributed by atoms with Crippen molar-refractivity contribution in [3.63, 3.8) is 0 Å². The number of aliphatic hydroxyl groups is 1. The quantitative estimate of drug-likeness (QED) is 0.289. The van der Waals surface area contributed by atoms with Crippen LogP contribution in [0.4, 0.5) is 0 Å². The summed E-state index contributed by atoms with van der Waals surface area (Å²) in [5.74, 6) is -0.611. The maximum atomic E-state index is 13.8. The summed E-state index contributed by atoms with van der Waals surface area (Å²) in [5, 5.41) is 21.1. The van der Waals surface area contributed by atoms with E-state index in [1.54, 1.807) is 48.7 Å². The first-order valence-corrected chi connectivity index (χ1v) is 14.0. The number of aromatic nitrogens is 3. The SMILES string of the molecule is CCCCCc1nc(O)c(S(=O)(=O)c2ccc(-c3cccnc3C)cc2)c(=O)n1[C@@H](CO)c1ccccc1. The normalized spacial score (nSPS) is 12.4. The smallest absolute Gasteiger partial charge is 0.277 e. The zero-order chi connectivity index (χ0) is 27.3. The average molecular weight is 534 g/mol. The Kier molecular flexibility index (Phi) is 8.38. The lowest BCUT2D eigenvalue weighted by molar-refractivity contribution is 0.240. The van der Waals surface area contributed by atoms with Crippen LogP contribution in [0.2, 0.25) is 0 Å². The lowest BCUT2D eigenvalue weighted by atomic mass is 10.1. The topological polar surface area (TPSA) is 122 Å². The molecule has 2 aromatic heterocycles. The van der Waals surface area contributed by atoms with Gasteiger partial charge in [-0.2, -0.15) is 4.98 Å². The molecule has 0 saturated carbocycles. The van der Waals surface area contributed by atoms with Gasteiger partial charge in [0.05, 0.1) is 17.5 Å². The minimum absolute atomic E-state index is 0.150. The largest absolute Gasteiger partial charge is 0.492 e. The van der Waals surface area contributed by atoms with Crippen molar-refractivity contribution in [2.45, 2.75) is 55.4 Å². The van der Waals surface area contributed by atoms with E-state index in [0.29, 0.717) is 18.4 Å². The Morgan fingerprint density at radius 2 is 1.68 bits per heavy atom. The van der Waals surface area contributed by atoms with E-state index in [0.717, 1.165) is 29.7 Å². The molecule has 2 N–H and O–H groups in total. The van der Waals surface area contributed by atoms with Crippen LogP contribution in [0.3, 0.4) is 0 Å². The van der Waals surface area contributed by atoms with Crippen molar-refractivity contribution in [1.29, 1.82) is 0 Å². The van der Waals surface area contributed by atoms with E-state index in [1.165, 1.54) is 16.7 Å². The number of aliphatic hydroxyl groups excluding tert-OH is 1. The Morgan fingerprint density at radius 1 is 0.974 bits per heavy atom. The van der Waals surface area contributed by atoms with E-state index in [1.807, 2.05) is 26.0 Å². The first kappa shape index (κ1) is 27.2. The van der Waals surface area contributed by atoms with Gasteiger partial charge < -0.3 is 10.2 Å². The average Bonchev–Trinajstić information content (AvgIpc) is 2.91. The first-order chi connectivity index (χ1) is 18.3. The maximum Gasteiger partial charge on any atom is 0.277 e. The highest BCUT2D eigenvalue weighted by Crippen LogP contribution is 2.29. The second-order valence-electron chi connectivity index (χ2n) is 9.09. The van der Waals surface area contributed by atoms with Gasteiger partial charge in [0.1, 0.15) is 5.82 Å². The predicted molar refractivity (Wildman–Crippen MR) is 145 cm³/mol. The molecular formula is C29H31N3O5S. The lowest BCUT2D eigenvalue weighted by Crippen LogP contribution is -2.35. The number of rotatable bonds is 10. The Balaban J connectivity index is 1.85. The fourth-order valence-corrected chi connectivity index (χ4v) is 5.89. The van der Waals surface area contributed by atoms with E-state index < -0.39 is 38.8 Å². The Morgan fingerprint density at radius 3 is 2.32 bits per heavy atom. The summed E-state index contributed by atoms with van der Waals surface area (Å²) in [7, 11) is -4.44. The van der Waals surface area contributed by atoms with Crippen molar-refractivity contribution in [1.82, 2.24) is 14.5 Å². The third kappa shape index (κ3) is 5.39. The molecule has 0 bridgehead atoms. The maximum absolute atomic E-state index is 13.8. The zero-order valence-corrected chi connectivity index (χ0v) is 22.2. The molecule has 0 aliphatic heterocycles. The number of hydrogen-bond donors (Lipinski definition) is 2. The van der Waals surface area contributed by atoms with E-state index in [-0.39, 0.29) is 10.7 Å². The molecule has 198 valence electrons. The van der Waals surface area contributed by atoms with Gasteiger partial charge in [0, 0.05) is 23.9 Å². The summed E-state index contributed by atoms with van der Waals surface area (Å²) in [6.07, 6.45) is 4.52. The van der Waals surface area contributed by atoms with Gasteiger partial charge in [-0.25, -0.2) is 8.42 Å². The third-order valence-corrected chi connectivity index (χ3v) is 8.34. The fourth-order valence-electron chi connectivity index (χ4n) is 4.55. The molecule has 2 heterocycles. The van der Waals surface area contributed by atoms with Gasteiger partial charge in [0.25, 0.3) is 5.56 Å². The molecule has 8 nitrogen and oxygen atoms in total. The zero-order valence-electron chi connectivity index (χ0n) is 21.4. The van der Waals surface area contributed by atoms with Crippen molar-refractivity contribution in [3.8, 4) is 17.0 Å². The predicted octanol–water partition coefficient (Wildman–Crippen LogP) is 4.47. The number of benzene rings is 2. The highest BCUT2D eigenvalue weighted by Gasteiger charge is 2.31. The molecule has 1 atom stereocenters. The Bertz CT molecular complexity index is 1570. The second kappa shape index (κ2) is 11.7. The van der Waals surface area contributed by atoms with E-state index in [9.17, 15) is 23.4 Å². The van der Waals surface area contributed by atoms with Crippen LogP contribution in [0.1, 0.15) is 49.3 Å². The second-order valence-corrected chi connectivity index (χ2v) is 11.0. The molecule has 0 spiro atoms. The summed E-state index contributed by atoms with van der Waals surface area (Å²) in [5.41, 5.74) is 2.13. The Labute approximate surface area is 222 Å². The van der Waals surface area contributed by atoms with Crippen LogP contribution in [0, 0.1) is 6.92 Å². The van der Waals surface area contributed by atoms with Gasteiger partial charge in [0.15, 0.2) is 4.90 Å². The molecule has 4 rings (SSSR count). The number of hydrogen-bond acceptors (Lipinski definition) is 7. The Hall–Kier alpha value is -3.82. The minimum Gasteiger partial charge on any atom is -0.492 e. The molecule has 0 radical (unpaired) electrons. The van der Waals surface area contributed by atoms with Crippen LogP contribution >= 0.6 is 0 Å². The highest BCUT2D eigenvalue weighted by molar-refractivity contribution is 7.91. The van der Waals surface area contributed by atoms with Crippen LogP contribution < -0.4 is 5.56 Å². The number of aryl methyl sites for hydroxylation is 2. The molecule has 0 fully saturated rings. The van der Waals surface area contributed by atoms with E-state index >= 15 is 0 Å². The summed E-state index contributed by atoms with van der Waals surface area (Å²) in [4.78, 5) is 21.3. The minimum atomic E-state index is -4.44. The monoisotopic (exact) mass is 533 g/mol.